The first-order valence-electron chi connectivity index (χ1n) is 10.2. The molecule has 0 aliphatic heterocycles. The van der Waals surface area contributed by atoms with Crippen LogP contribution in [0.1, 0.15) is 46.5 Å². The van der Waals surface area contributed by atoms with E-state index < -0.39 is 0 Å². The van der Waals surface area contributed by atoms with Gasteiger partial charge < -0.3 is 20.3 Å². The van der Waals surface area contributed by atoms with Gasteiger partial charge in [0.1, 0.15) is 11.6 Å². The Labute approximate surface area is 164 Å². The van der Waals surface area contributed by atoms with E-state index in [-0.39, 0.29) is 5.82 Å². The largest absolute Gasteiger partial charge is 0.494 e. The van der Waals surface area contributed by atoms with Crippen molar-refractivity contribution in [2.45, 2.75) is 52.5 Å². The van der Waals surface area contributed by atoms with Gasteiger partial charge in [-0.15, -0.1) is 0 Å². The van der Waals surface area contributed by atoms with Crippen LogP contribution in [0.2, 0.25) is 0 Å². The van der Waals surface area contributed by atoms with Crippen LogP contribution in [0.25, 0.3) is 0 Å². The summed E-state index contributed by atoms with van der Waals surface area (Å²) < 4.78 is 18.4. The van der Waals surface area contributed by atoms with Crippen molar-refractivity contribution in [3.05, 3.63) is 30.1 Å². The van der Waals surface area contributed by atoms with Gasteiger partial charge in [0.15, 0.2) is 5.96 Å². The standard InChI is InChI=1S/C21H37FN4O/c1-5-26(6-2)16-9-10-18(3)25-21(23-4)24-15-7-8-17-27-20-13-11-19(22)12-14-20/h11-14,18H,5-10,15-17H2,1-4H3,(H2,23,24,25). The van der Waals surface area contributed by atoms with Gasteiger partial charge in [-0.3, -0.25) is 4.99 Å². The number of nitrogens with one attached hydrogen (secondary N) is 2. The number of nitrogens with zero attached hydrogens (tertiary/aromatic N) is 2. The molecule has 5 nitrogen and oxygen atoms in total. The molecule has 2 N–H and O–H groups in total. The van der Waals surface area contributed by atoms with Gasteiger partial charge in [0.05, 0.1) is 6.61 Å². The molecule has 0 spiro atoms. The second-order valence-corrected chi connectivity index (χ2v) is 6.72. The number of hydrogen-bond donors (Lipinski definition) is 2. The number of aliphatic imine (C=N–C) groups is 1. The van der Waals surface area contributed by atoms with E-state index in [4.69, 9.17) is 4.74 Å². The summed E-state index contributed by atoms with van der Waals surface area (Å²) in [5, 5.41) is 6.80. The summed E-state index contributed by atoms with van der Waals surface area (Å²) in [6.07, 6.45) is 4.23. The highest BCUT2D eigenvalue weighted by atomic mass is 19.1. The molecule has 0 aliphatic carbocycles. The summed E-state index contributed by atoms with van der Waals surface area (Å²) in [6, 6.07) is 6.53. The number of rotatable bonds is 13. The Hall–Kier alpha value is -1.82. The minimum absolute atomic E-state index is 0.243. The lowest BCUT2D eigenvalue weighted by Crippen LogP contribution is -2.42. The monoisotopic (exact) mass is 380 g/mol. The molecular formula is C21H37FN4O. The first-order chi connectivity index (χ1) is 13.1. The predicted molar refractivity (Wildman–Crippen MR) is 112 cm³/mol. The topological polar surface area (TPSA) is 48.9 Å². The van der Waals surface area contributed by atoms with Crippen LogP contribution in [0.5, 0.6) is 5.75 Å². The maximum absolute atomic E-state index is 12.8. The molecule has 0 amide bonds. The van der Waals surface area contributed by atoms with Gasteiger partial charge in [-0.25, -0.2) is 4.39 Å². The second kappa shape index (κ2) is 14.3. The highest BCUT2D eigenvalue weighted by molar-refractivity contribution is 5.79. The van der Waals surface area contributed by atoms with Gasteiger partial charge in [-0.05, 0) is 76.5 Å². The van der Waals surface area contributed by atoms with Gasteiger partial charge in [0.2, 0.25) is 0 Å². The molecule has 1 rings (SSSR count). The zero-order valence-corrected chi connectivity index (χ0v) is 17.4. The Kier molecular flexibility index (Phi) is 12.3. The van der Waals surface area contributed by atoms with Crippen molar-refractivity contribution in [3.63, 3.8) is 0 Å². The Bertz CT molecular complexity index is 517. The molecule has 6 heteroatoms. The lowest BCUT2D eigenvalue weighted by molar-refractivity contribution is 0.292. The molecule has 154 valence electrons. The molecule has 0 radical (unpaired) electrons. The van der Waals surface area contributed by atoms with Crippen molar-refractivity contribution in [1.82, 2.24) is 15.5 Å². The lowest BCUT2D eigenvalue weighted by atomic mass is 10.2. The van der Waals surface area contributed by atoms with Gasteiger partial charge in [0.25, 0.3) is 0 Å². The molecule has 1 unspecified atom stereocenters. The predicted octanol–water partition coefficient (Wildman–Crippen LogP) is 3.66. The number of halogens is 1. The quantitative estimate of drug-likeness (QED) is 0.311. The normalized spacial score (nSPS) is 12.9. The van der Waals surface area contributed by atoms with E-state index in [0.29, 0.717) is 18.4 Å². The van der Waals surface area contributed by atoms with Crippen molar-refractivity contribution >= 4 is 5.96 Å². The molecule has 0 fully saturated rings. The van der Waals surface area contributed by atoms with Gasteiger partial charge >= 0.3 is 0 Å². The van der Waals surface area contributed by atoms with Crippen LogP contribution < -0.4 is 15.4 Å². The summed E-state index contributed by atoms with van der Waals surface area (Å²) in [4.78, 5) is 6.75. The number of guanidine groups is 1. The number of unbranched alkanes of at least 4 members (excludes halogenated alkanes) is 1. The molecule has 1 atom stereocenters. The van der Waals surface area contributed by atoms with Crippen molar-refractivity contribution in [2.24, 2.45) is 4.99 Å². The van der Waals surface area contributed by atoms with Crippen LogP contribution in [0.3, 0.4) is 0 Å². The summed E-state index contributed by atoms with van der Waals surface area (Å²) >= 11 is 0. The van der Waals surface area contributed by atoms with E-state index in [2.05, 4.69) is 41.3 Å². The smallest absolute Gasteiger partial charge is 0.191 e. The first kappa shape index (κ1) is 23.2. The molecule has 0 heterocycles. The van der Waals surface area contributed by atoms with E-state index in [9.17, 15) is 4.39 Å². The molecule has 0 bridgehead atoms. The fourth-order valence-corrected chi connectivity index (χ4v) is 2.82. The molecule has 1 aromatic rings. The Morgan fingerprint density at radius 3 is 2.48 bits per heavy atom. The summed E-state index contributed by atoms with van der Waals surface area (Å²) in [7, 11) is 1.80. The number of benzene rings is 1. The van der Waals surface area contributed by atoms with Crippen molar-refractivity contribution in [2.75, 3.05) is 39.8 Å². The van der Waals surface area contributed by atoms with Crippen LogP contribution in [-0.2, 0) is 0 Å². The molecule has 1 aromatic carbocycles. The van der Waals surface area contributed by atoms with E-state index in [1.807, 2.05) is 0 Å². The molecule has 27 heavy (non-hydrogen) atoms. The fourth-order valence-electron chi connectivity index (χ4n) is 2.82. The van der Waals surface area contributed by atoms with E-state index in [0.717, 1.165) is 51.4 Å². The fraction of sp³-hybridized carbons (Fsp3) is 0.667. The van der Waals surface area contributed by atoms with Gasteiger partial charge in [-0.2, -0.15) is 0 Å². The summed E-state index contributed by atoms with van der Waals surface area (Å²) in [6.45, 7) is 11.5. The van der Waals surface area contributed by atoms with E-state index in [1.165, 1.54) is 18.6 Å². The van der Waals surface area contributed by atoms with Gasteiger partial charge in [-0.1, -0.05) is 13.8 Å². The maximum atomic E-state index is 12.8. The number of ether oxygens (including phenoxy) is 1. The highest BCUT2D eigenvalue weighted by Crippen LogP contribution is 2.11. The van der Waals surface area contributed by atoms with Crippen LogP contribution in [-0.4, -0.2) is 56.7 Å². The van der Waals surface area contributed by atoms with Crippen LogP contribution >= 0.6 is 0 Å². The summed E-state index contributed by atoms with van der Waals surface area (Å²) in [5.74, 6) is 1.32. The van der Waals surface area contributed by atoms with E-state index >= 15 is 0 Å². The molecule has 0 saturated heterocycles. The summed E-state index contributed by atoms with van der Waals surface area (Å²) in [5.41, 5.74) is 0. The van der Waals surface area contributed by atoms with Crippen LogP contribution in [0.4, 0.5) is 4.39 Å². The third-order valence-electron chi connectivity index (χ3n) is 4.56. The maximum Gasteiger partial charge on any atom is 0.191 e. The molecule has 0 saturated carbocycles. The second-order valence-electron chi connectivity index (χ2n) is 6.72. The Morgan fingerprint density at radius 2 is 1.85 bits per heavy atom. The molecule has 0 aliphatic rings. The van der Waals surface area contributed by atoms with E-state index in [1.54, 1.807) is 19.2 Å². The lowest BCUT2D eigenvalue weighted by Gasteiger charge is -2.21. The number of hydrogen-bond acceptors (Lipinski definition) is 3. The van der Waals surface area contributed by atoms with Crippen molar-refractivity contribution in [1.29, 1.82) is 0 Å². The van der Waals surface area contributed by atoms with Crippen LogP contribution in [0.15, 0.2) is 29.3 Å². The van der Waals surface area contributed by atoms with Crippen LogP contribution in [0, 0.1) is 5.82 Å². The Morgan fingerprint density at radius 1 is 1.15 bits per heavy atom. The highest BCUT2D eigenvalue weighted by Gasteiger charge is 2.06. The SMILES string of the molecule is CCN(CC)CCCC(C)NC(=NC)NCCCCOc1ccc(F)cc1. The minimum Gasteiger partial charge on any atom is -0.494 e. The first-order valence-corrected chi connectivity index (χ1v) is 10.2. The van der Waals surface area contributed by atoms with Crippen molar-refractivity contribution < 1.29 is 9.13 Å². The minimum atomic E-state index is -0.243. The van der Waals surface area contributed by atoms with Gasteiger partial charge in [0, 0.05) is 19.6 Å². The third kappa shape index (κ3) is 10.8. The zero-order chi connectivity index (χ0) is 19.9. The zero-order valence-electron chi connectivity index (χ0n) is 17.4. The molecular weight excluding hydrogens is 343 g/mol. The molecule has 0 aromatic heterocycles. The van der Waals surface area contributed by atoms with Crippen molar-refractivity contribution in [3.8, 4) is 5.75 Å². The average molecular weight is 381 g/mol. The third-order valence-corrected chi connectivity index (χ3v) is 4.56. The Balaban J connectivity index is 2.10. The average Bonchev–Trinajstić information content (AvgIpc) is 2.68.